The molecule has 1 aliphatic heterocycles. The zero-order valence-electron chi connectivity index (χ0n) is 12.3. The highest BCUT2D eigenvalue weighted by Gasteiger charge is 2.35. The topological polar surface area (TPSA) is 54.5 Å². The van der Waals surface area contributed by atoms with Crippen molar-refractivity contribution in [3.63, 3.8) is 0 Å². The number of sulfone groups is 1. The number of thiophene rings is 1. The second kappa shape index (κ2) is 6.75. The third-order valence-corrected chi connectivity index (χ3v) is 6.99. The number of benzene rings is 1. The number of hydrogen-bond acceptors (Lipinski definition) is 4. The summed E-state index contributed by atoms with van der Waals surface area (Å²) in [6, 6.07) is 10.9. The Morgan fingerprint density at radius 1 is 1.30 bits per heavy atom. The van der Waals surface area contributed by atoms with Gasteiger partial charge in [-0.3, -0.25) is 4.79 Å². The zero-order chi connectivity index (χ0) is 16.4. The minimum Gasteiger partial charge on any atom is -0.329 e. The van der Waals surface area contributed by atoms with Crippen molar-refractivity contribution < 1.29 is 13.2 Å². The normalized spacial score (nSPS) is 19.6. The van der Waals surface area contributed by atoms with Gasteiger partial charge in [0.15, 0.2) is 9.84 Å². The highest BCUT2D eigenvalue weighted by atomic mass is 79.9. The van der Waals surface area contributed by atoms with Crippen molar-refractivity contribution in [1.82, 2.24) is 4.90 Å². The summed E-state index contributed by atoms with van der Waals surface area (Å²) in [5.41, 5.74) is 0.570. The van der Waals surface area contributed by atoms with Crippen LogP contribution in [-0.2, 0) is 16.4 Å². The third kappa shape index (κ3) is 4.02. The molecule has 0 N–H and O–H groups in total. The first-order valence-corrected chi connectivity index (χ1v) is 10.7. The summed E-state index contributed by atoms with van der Waals surface area (Å²) >= 11 is 4.95. The maximum atomic E-state index is 12.9. The summed E-state index contributed by atoms with van der Waals surface area (Å²) in [4.78, 5) is 15.7. The van der Waals surface area contributed by atoms with Crippen LogP contribution >= 0.6 is 27.3 Å². The molecule has 23 heavy (non-hydrogen) atoms. The maximum Gasteiger partial charge on any atom is 0.254 e. The number of rotatable bonds is 4. The van der Waals surface area contributed by atoms with Crippen LogP contribution in [0.25, 0.3) is 0 Å². The van der Waals surface area contributed by atoms with Crippen molar-refractivity contribution in [2.45, 2.75) is 19.0 Å². The predicted molar refractivity (Wildman–Crippen MR) is 95.4 cm³/mol. The van der Waals surface area contributed by atoms with Gasteiger partial charge < -0.3 is 4.90 Å². The van der Waals surface area contributed by atoms with Gasteiger partial charge in [0.1, 0.15) is 0 Å². The Morgan fingerprint density at radius 2 is 2.13 bits per heavy atom. The van der Waals surface area contributed by atoms with Crippen LogP contribution in [0, 0.1) is 0 Å². The monoisotopic (exact) mass is 413 g/mol. The number of hydrogen-bond donors (Lipinski definition) is 0. The van der Waals surface area contributed by atoms with E-state index in [1.807, 2.05) is 29.6 Å². The van der Waals surface area contributed by atoms with Gasteiger partial charge in [-0.15, -0.1) is 11.3 Å². The molecule has 1 aromatic heterocycles. The highest BCUT2D eigenvalue weighted by Crippen LogP contribution is 2.24. The molecule has 1 aromatic carbocycles. The summed E-state index contributed by atoms with van der Waals surface area (Å²) in [5, 5.41) is 1.96. The van der Waals surface area contributed by atoms with Gasteiger partial charge >= 0.3 is 0 Å². The fourth-order valence-corrected chi connectivity index (χ4v) is 5.58. The molecule has 0 aliphatic carbocycles. The lowest BCUT2D eigenvalue weighted by Gasteiger charge is -2.28. The Balaban J connectivity index is 1.89. The van der Waals surface area contributed by atoms with E-state index in [2.05, 4.69) is 15.9 Å². The molecule has 0 radical (unpaired) electrons. The van der Waals surface area contributed by atoms with E-state index in [-0.39, 0.29) is 23.5 Å². The van der Waals surface area contributed by atoms with Gasteiger partial charge in [-0.25, -0.2) is 8.42 Å². The smallest absolute Gasteiger partial charge is 0.254 e. The number of nitrogens with zero attached hydrogens (tertiary/aromatic N) is 1. The van der Waals surface area contributed by atoms with Crippen molar-refractivity contribution in [3.05, 3.63) is 56.7 Å². The van der Waals surface area contributed by atoms with E-state index in [4.69, 9.17) is 0 Å². The lowest BCUT2D eigenvalue weighted by molar-refractivity contribution is 0.0683. The van der Waals surface area contributed by atoms with Crippen LogP contribution in [0.2, 0.25) is 0 Å². The van der Waals surface area contributed by atoms with Gasteiger partial charge in [-0.2, -0.15) is 0 Å². The molecular formula is C16H16BrNO3S2. The van der Waals surface area contributed by atoms with E-state index in [0.29, 0.717) is 18.5 Å². The van der Waals surface area contributed by atoms with Crippen molar-refractivity contribution in [3.8, 4) is 0 Å². The zero-order valence-corrected chi connectivity index (χ0v) is 15.5. The van der Waals surface area contributed by atoms with E-state index in [1.165, 1.54) is 0 Å². The number of amides is 1. The van der Waals surface area contributed by atoms with Crippen LogP contribution in [0.3, 0.4) is 0 Å². The maximum absolute atomic E-state index is 12.9. The Labute approximate surface area is 148 Å². The SMILES string of the molecule is O=C(c1cccc(Br)c1)N(Cc1cccs1)[C@@H]1CCS(=O)(=O)C1. The summed E-state index contributed by atoms with van der Waals surface area (Å²) in [7, 11) is -3.04. The fraction of sp³-hybridized carbons (Fsp3) is 0.312. The Kier molecular flexibility index (Phi) is 4.89. The van der Waals surface area contributed by atoms with Crippen LogP contribution in [0.5, 0.6) is 0 Å². The standard InChI is InChI=1S/C16H16BrNO3S2/c17-13-4-1-3-12(9-13)16(19)18(10-15-5-2-7-22-15)14-6-8-23(20,21)11-14/h1-5,7,9,14H,6,8,10-11H2/t14-/m1/s1. The molecule has 122 valence electrons. The van der Waals surface area contributed by atoms with Gasteiger partial charge in [0.2, 0.25) is 0 Å². The molecule has 0 bridgehead atoms. The Hall–Kier alpha value is -1.18. The molecule has 0 saturated carbocycles. The summed E-state index contributed by atoms with van der Waals surface area (Å²) < 4.78 is 24.5. The van der Waals surface area contributed by atoms with E-state index < -0.39 is 9.84 Å². The van der Waals surface area contributed by atoms with Crippen molar-refractivity contribution in [2.24, 2.45) is 0 Å². The minimum absolute atomic E-state index is 0.0537. The largest absolute Gasteiger partial charge is 0.329 e. The third-order valence-electron chi connectivity index (χ3n) is 3.89. The van der Waals surface area contributed by atoms with Gasteiger partial charge in [0.25, 0.3) is 5.91 Å². The molecular weight excluding hydrogens is 398 g/mol. The summed E-state index contributed by atoms with van der Waals surface area (Å²) in [5.74, 6) is 0.0875. The van der Waals surface area contributed by atoms with Crippen LogP contribution in [0.4, 0.5) is 0 Å². The first-order chi connectivity index (χ1) is 10.9. The van der Waals surface area contributed by atoms with E-state index in [0.717, 1.165) is 9.35 Å². The van der Waals surface area contributed by atoms with E-state index in [1.54, 1.807) is 28.4 Å². The molecule has 3 rings (SSSR count). The predicted octanol–water partition coefficient (Wildman–Crippen LogP) is 3.34. The van der Waals surface area contributed by atoms with Crippen molar-refractivity contribution in [1.29, 1.82) is 0 Å². The lowest BCUT2D eigenvalue weighted by Crippen LogP contribution is -2.40. The molecule has 4 nitrogen and oxygen atoms in total. The molecule has 1 fully saturated rings. The average molecular weight is 414 g/mol. The van der Waals surface area contributed by atoms with E-state index >= 15 is 0 Å². The molecule has 1 atom stereocenters. The molecule has 1 amide bonds. The lowest BCUT2D eigenvalue weighted by atomic mass is 10.1. The molecule has 1 saturated heterocycles. The van der Waals surface area contributed by atoms with Gasteiger partial charge in [0, 0.05) is 21.0 Å². The van der Waals surface area contributed by atoms with Crippen LogP contribution in [0.1, 0.15) is 21.7 Å². The average Bonchev–Trinajstić information content (AvgIpc) is 3.13. The number of halogens is 1. The fourth-order valence-electron chi connectivity index (χ4n) is 2.75. The van der Waals surface area contributed by atoms with Gasteiger partial charge in [-0.1, -0.05) is 28.1 Å². The highest BCUT2D eigenvalue weighted by molar-refractivity contribution is 9.10. The van der Waals surface area contributed by atoms with Gasteiger partial charge in [-0.05, 0) is 36.1 Å². The second-order valence-electron chi connectivity index (χ2n) is 5.58. The molecule has 0 spiro atoms. The van der Waals surface area contributed by atoms with Crippen LogP contribution < -0.4 is 0 Å². The Morgan fingerprint density at radius 3 is 2.74 bits per heavy atom. The van der Waals surface area contributed by atoms with E-state index in [9.17, 15) is 13.2 Å². The molecule has 0 unspecified atom stereocenters. The molecule has 2 heterocycles. The van der Waals surface area contributed by atoms with Crippen molar-refractivity contribution >= 4 is 43.0 Å². The Bertz CT molecular complexity index is 802. The number of carbonyl (C=O) groups excluding carboxylic acids is 1. The molecule has 7 heteroatoms. The first-order valence-electron chi connectivity index (χ1n) is 7.24. The quantitative estimate of drug-likeness (QED) is 0.771. The molecule has 1 aliphatic rings. The van der Waals surface area contributed by atoms with Gasteiger partial charge in [0.05, 0.1) is 18.1 Å². The van der Waals surface area contributed by atoms with Crippen molar-refractivity contribution in [2.75, 3.05) is 11.5 Å². The van der Waals surface area contributed by atoms with Crippen LogP contribution in [-0.4, -0.2) is 36.8 Å². The first kappa shape index (κ1) is 16.7. The molecule has 2 aromatic rings. The van der Waals surface area contributed by atoms with Crippen LogP contribution in [0.15, 0.2) is 46.3 Å². The summed E-state index contributed by atoms with van der Waals surface area (Å²) in [6.07, 6.45) is 0.507. The minimum atomic E-state index is -3.04. The summed E-state index contributed by atoms with van der Waals surface area (Å²) in [6.45, 7) is 0.448. The number of carbonyl (C=O) groups is 1. The second-order valence-corrected chi connectivity index (χ2v) is 9.76.